The van der Waals surface area contributed by atoms with Gasteiger partial charge in [-0.2, -0.15) is 0 Å². The number of halogens is 2. The predicted octanol–water partition coefficient (Wildman–Crippen LogP) is 1.96. The van der Waals surface area contributed by atoms with Crippen LogP contribution in [0, 0.1) is 12.8 Å². The number of carbonyl (C=O) groups excluding carboxylic acids is 1. The van der Waals surface area contributed by atoms with E-state index in [1.165, 1.54) is 0 Å². The molecule has 2 rings (SSSR count). The largest absolute Gasteiger partial charge is 0.383 e. The van der Waals surface area contributed by atoms with E-state index in [-0.39, 0.29) is 18.3 Å². The lowest BCUT2D eigenvalue weighted by atomic mass is 9.90. The van der Waals surface area contributed by atoms with Gasteiger partial charge in [0.1, 0.15) is 16.8 Å². The molecule has 1 aromatic rings. The number of hydrogen-bond donors (Lipinski definition) is 2. The molecule has 2 heterocycles. The zero-order valence-electron chi connectivity index (χ0n) is 13.6. The minimum atomic E-state index is -0.417. The molecule has 0 aliphatic carbocycles. The van der Waals surface area contributed by atoms with Crippen molar-refractivity contribution in [3.63, 3.8) is 0 Å². The van der Waals surface area contributed by atoms with Gasteiger partial charge < -0.3 is 16.4 Å². The summed E-state index contributed by atoms with van der Waals surface area (Å²) in [4.78, 5) is 22.0. The summed E-state index contributed by atoms with van der Waals surface area (Å²) < 4.78 is 0. The normalized spacial score (nSPS) is 16.8. The van der Waals surface area contributed by atoms with Crippen LogP contribution < -0.4 is 11.5 Å². The number of anilines is 1. The molecule has 4 N–H and O–H groups in total. The molecule has 0 aromatic carbocycles. The van der Waals surface area contributed by atoms with E-state index in [4.69, 9.17) is 23.1 Å². The van der Waals surface area contributed by atoms with E-state index in [9.17, 15) is 4.79 Å². The number of piperidine rings is 1. The van der Waals surface area contributed by atoms with Crippen LogP contribution in [0.5, 0.6) is 0 Å². The summed E-state index contributed by atoms with van der Waals surface area (Å²) in [6.45, 7) is 5.06. The molecule has 1 atom stereocenters. The summed E-state index contributed by atoms with van der Waals surface area (Å²) in [5.74, 6) is 1.67. The number of nitrogens with zero attached hydrogens (tertiary/aromatic N) is 3. The second kappa shape index (κ2) is 8.66. The Balaban J connectivity index is 0.00000264. The Morgan fingerprint density at radius 2 is 2.00 bits per heavy atom. The quantitative estimate of drug-likeness (QED) is 0.798. The number of likely N-dealkylation sites (tertiary alicyclic amines) is 1. The fourth-order valence-electron chi connectivity index (χ4n) is 2.89. The number of nitrogen functional groups attached to an aromatic ring is 1. The highest BCUT2D eigenvalue weighted by molar-refractivity contribution is 6.30. The first kappa shape index (κ1) is 19.9. The van der Waals surface area contributed by atoms with Gasteiger partial charge in [0.15, 0.2) is 0 Å². The van der Waals surface area contributed by atoms with Crippen LogP contribution in [0.15, 0.2) is 0 Å². The van der Waals surface area contributed by atoms with Crippen LogP contribution in [-0.4, -0.2) is 39.9 Å². The van der Waals surface area contributed by atoms with E-state index in [2.05, 4.69) is 9.97 Å². The van der Waals surface area contributed by atoms with E-state index >= 15 is 0 Å². The lowest BCUT2D eigenvalue weighted by molar-refractivity contribution is -0.133. The maximum Gasteiger partial charge on any atom is 0.239 e. The summed E-state index contributed by atoms with van der Waals surface area (Å²) in [7, 11) is 0. The molecule has 8 heteroatoms. The van der Waals surface area contributed by atoms with Crippen LogP contribution >= 0.6 is 24.0 Å². The number of amides is 1. The van der Waals surface area contributed by atoms with E-state index in [1.54, 1.807) is 13.8 Å². The monoisotopic (exact) mass is 361 g/mol. The van der Waals surface area contributed by atoms with Crippen LogP contribution in [0.1, 0.15) is 37.6 Å². The van der Waals surface area contributed by atoms with E-state index in [1.807, 2.05) is 4.90 Å². The lowest BCUT2D eigenvalue weighted by Gasteiger charge is -2.33. The highest BCUT2D eigenvalue weighted by Crippen LogP contribution is 2.26. The molecule has 0 spiro atoms. The SMILES string of the molecule is Cc1nc(N)c(CCC2CCN(C(=O)C(C)N)CC2)c(Cl)n1.Cl. The van der Waals surface area contributed by atoms with Gasteiger partial charge in [0.05, 0.1) is 6.04 Å². The number of hydrogen-bond acceptors (Lipinski definition) is 5. The van der Waals surface area contributed by atoms with Crippen molar-refractivity contribution in [3.8, 4) is 0 Å². The van der Waals surface area contributed by atoms with E-state index in [0.29, 0.717) is 22.7 Å². The van der Waals surface area contributed by atoms with Crippen LogP contribution in [0.25, 0.3) is 0 Å². The van der Waals surface area contributed by atoms with Crippen molar-refractivity contribution in [1.29, 1.82) is 0 Å². The van der Waals surface area contributed by atoms with Gasteiger partial charge in [0.2, 0.25) is 5.91 Å². The van der Waals surface area contributed by atoms with Crippen molar-refractivity contribution in [2.45, 2.75) is 45.6 Å². The average Bonchev–Trinajstić information content (AvgIpc) is 2.46. The standard InChI is InChI=1S/C15H24ClN5O.ClH/c1-9(17)15(22)21-7-5-11(6-8-21)3-4-12-13(16)19-10(2)20-14(12)18;/h9,11H,3-8,17H2,1-2H3,(H2,18,19,20);1H. The third-order valence-electron chi connectivity index (χ3n) is 4.22. The zero-order chi connectivity index (χ0) is 16.3. The van der Waals surface area contributed by atoms with E-state index < -0.39 is 6.04 Å². The Bertz CT molecular complexity index is 522. The molecule has 0 bridgehead atoms. The van der Waals surface area contributed by atoms with Gasteiger partial charge in [-0.15, -0.1) is 12.4 Å². The van der Waals surface area contributed by atoms with Gasteiger partial charge in [-0.05, 0) is 45.4 Å². The first-order valence-corrected chi connectivity index (χ1v) is 8.09. The Morgan fingerprint density at radius 3 is 2.52 bits per heavy atom. The first-order chi connectivity index (χ1) is 10.4. The van der Waals surface area contributed by atoms with Crippen molar-refractivity contribution in [2.24, 2.45) is 11.7 Å². The predicted molar refractivity (Wildman–Crippen MR) is 94.7 cm³/mol. The van der Waals surface area contributed by atoms with Gasteiger partial charge in [-0.25, -0.2) is 9.97 Å². The minimum absolute atomic E-state index is 0. The molecule has 1 aliphatic rings. The van der Waals surface area contributed by atoms with Gasteiger partial charge in [0.25, 0.3) is 0 Å². The maximum absolute atomic E-state index is 11.9. The molecule has 1 saturated heterocycles. The third kappa shape index (κ3) is 5.19. The van der Waals surface area contributed by atoms with Gasteiger partial charge >= 0.3 is 0 Å². The van der Waals surface area contributed by atoms with Gasteiger partial charge in [-0.3, -0.25) is 4.79 Å². The molecule has 1 fully saturated rings. The zero-order valence-corrected chi connectivity index (χ0v) is 15.2. The highest BCUT2D eigenvalue weighted by atomic mass is 35.5. The van der Waals surface area contributed by atoms with Crippen LogP contribution in [0.3, 0.4) is 0 Å². The summed E-state index contributed by atoms with van der Waals surface area (Å²) in [6.07, 6.45) is 3.73. The number of aromatic nitrogens is 2. The Kier molecular flexibility index (Phi) is 7.51. The summed E-state index contributed by atoms with van der Waals surface area (Å²) in [5.41, 5.74) is 12.4. The molecule has 6 nitrogen and oxygen atoms in total. The van der Waals surface area contributed by atoms with Crippen molar-refractivity contribution in [2.75, 3.05) is 18.8 Å². The molecule has 1 amide bonds. The van der Waals surface area contributed by atoms with Gasteiger partial charge in [0, 0.05) is 18.7 Å². The summed E-state index contributed by atoms with van der Waals surface area (Å²) >= 11 is 6.15. The fraction of sp³-hybridized carbons (Fsp3) is 0.667. The van der Waals surface area contributed by atoms with Crippen molar-refractivity contribution >= 4 is 35.7 Å². The molecule has 0 radical (unpaired) electrons. The summed E-state index contributed by atoms with van der Waals surface area (Å²) in [5, 5.41) is 0.453. The number of carbonyl (C=O) groups is 1. The van der Waals surface area contributed by atoms with Gasteiger partial charge in [-0.1, -0.05) is 11.6 Å². The Labute approximate surface area is 148 Å². The average molecular weight is 362 g/mol. The molecule has 130 valence electrons. The lowest BCUT2D eigenvalue weighted by Crippen LogP contribution is -2.45. The second-order valence-electron chi connectivity index (χ2n) is 6.02. The van der Waals surface area contributed by atoms with E-state index in [0.717, 1.165) is 44.3 Å². The highest BCUT2D eigenvalue weighted by Gasteiger charge is 2.24. The number of nitrogens with two attached hydrogens (primary N) is 2. The van der Waals surface area contributed by atoms with Crippen molar-refractivity contribution < 1.29 is 4.79 Å². The smallest absolute Gasteiger partial charge is 0.239 e. The molecular formula is C15H25Cl2N5O. The first-order valence-electron chi connectivity index (χ1n) is 7.71. The fourth-order valence-corrected chi connectivity index (χ4v) is 3.21. The van der Waals surface area contributed by atoms with Crippen molar-refractivity contribution in [1.82, 2.24) is 14.9 Å². The molecular weight excluding hydrogens is 337 g/mol. The second-order valence-corrected chi connectivity index (χ2v) is 6.38. The maximum atomic E-state index is 11.9. The number of rotatable bonds is 4. The minimum Gasteiger partial charge on any atom is -0.383 e. The van der Waals surface area contributed by atoms with Crippen LogP contribution in [0.2, 0.25) is 5.15 Å². The Morgan fingerprint density at radius 1 is 1.39 bits per heavy atom. The molecule has 0 saturated carbocycles. The molecule has 1 aromatic heterocycles. The molecule has 1 unspecified atom stereocenters. The topological polar surface area (TPSA) is 98.1 Å². The Hall–Kier alpha value is -1.11. The van der Waals surface area contributed by atoms with Crippen molar-refractivity contribution in [3.05, 3.63) is 16.5 Å². The number of aryl methyl sites for hydroxylation is 1. The molecule has 1 aliphatic heterocycles. The summed E-state index contributed by atoms with van der Waals surface area (Å²) in [6, 6.07) is -0.417. The third-order valence-corrected chi connectivity index (χ3v) is 4.53. The molecule has 23 heavy (non-hydrogen) atoms. The van der Waals surface area contributed by atoms with Crippen LogP contribution in [0.4, 0.5) is 5.82 Å². The van der Waals surface area contributed by atoms with Crippen LogP contribution in [-0.2, 0) is 11.2 Å².